The van der Waals surface area contributed by atoms with E-state index in [0.29, 0.717) is 17.1 Å². The molecule has 0 radical (unpaired) electrons. The van der Waals surface area contributed by atoms with Gasteiger partial charge in [-0.05, 0) is 37.3 Å². The first-order valence-electron chi connectivity index (χ1n) is 8.57. The number of hydrogen-bond donors (Lipinski definition) is 1. The van der Waals surface area contributed by atoms with Crippen LogP contribution in [-0.4, -0.2) is 13.0 Å². The topological polar surface area (TPSA) is 47.6 Å². The molecule has 0 bridgehead atoms. The fourth-order valence-corrected chi connectivity index (χ4v) is 3.94. The van der Waals surface area contributed by atoms with Gasteiger partial charge in [0.2, 0.25) is 0 Å². The molecule has 2 aliphatic rings. The maximum absolute atomic E-state index is 12.7. The van der Waals surface area contributed by atoms with Gasteiger partial charge in [-0.3, -0.25) is 0 Å². The number of fused-ring (bicyclic) bond motifs is 6. The van der Waals surface area contributed by atoms with Crippen LogP contribution in [0.4, 0.5) is 5.69 Å². The Bertz CT molecular complexity index is 1070. The number of nitrogens with one attached hydrogen (secondary N) is 1. The molecule has 26 heavy (non-hydrogen) atoms. The van der Waals surface area contributed by atoms with Gasteiger partial charge in [-0.2, -0.15) is 0 Å². The monoisotopic (exact) mass is 343 g/mol. The van der Waals surface area contributed by atoms with E-state index in [1.54, 1.807) is 0 Å². The lowest BCUT2D eigenvalue weighted by Gasteiger charge is -2.36. The smallest absolute Gasteiger partial charge is 0.340 e. The average Bonchev–Trinajstić information content (AvgIpc) is 2.96. The highest BCUT2D eigenvalue weighted by Gasteiger charge is 2.53. The SMILES string of the molecule is CNc1ccc2c(c1)Oc1ccc(C)cc1C21OC(=O)c2ccccc21. The van der Waals surface area contributed by atoms with Gasteiger partial charge in [0.25, 0.3) is 0 Å². The van der Waals surface area contributed by atoms with Crippen molar-refractivity contribution in [3.63, 3.8) is 0 Å². The third-order valence-corrected chi connectivity index (χ3v) is 5.16. The summed E-state index contributed by atoms with van der Waals surface area (Å²) in [5, 5.41) is 3.13. The molecule has 4 heteroatoms. The van der Waals surface area contributed by atoms with Gasteiger partial charge >= 0.3 is 5.97 Å². The van der Waals surface area contributed by atoms with Crippen molar-refractivity contribution in [1.29, 1.82) is 0 Å². The van der Waals surface area contributed by atoms with Crippen LogP contribution in [0.1, 0.15) is 32.6 Å². The normalized spacial score (nSPS) is 19.2. The first-order chi connectivity index (χ1) is 12.6. The molecule has 1 atom stereocenters. The third-order valence-electron chi connectivity index (χ3n) is 5.16. The van der Waals surface area contributed by atoms with Crippen LogP contribution >= 0.6 is 0 Å². The number of hydrogen-bond acceptors (Lipinski definition) is 4. The molecule has 3 aromatic rings. The summed E-state index contributed by atoms with van der Waals surface area (Å²) in [6, 6.07) is 19.5. The molecule has 0 aromatic heterocycles. The van der Waals surface area contributed by atoms with Crippen molar-refractivity contribution in [2.75, 3.05) is 12.4 Å². The van der Waals surface area contributed by atoms with Gasteiger partial charge < -0.3 is 14.8 Å². The molecule has 1 N–H and O–H groups in total. The molecule has 128 valence electrons. The molecule has 0 saturated heterocycles. The Labute approximate surface area is 151 Å². The Kier molecular flexibility index (Phi) is 2.95. The Hall–Kier alpha value is -3.27. The van der Waals surface area contributed by atoms with Crippen molar-refractivity contribution < 1.29 is 14.3 Å². The number of ether oxygens (including phenoxy) is 2. The molecule has 0 saturated carbocycles. The second-order valence-corrected chi connectivity index (χ2v) is 6.68. The molecular formula is C22H17NO3. The van der Waals surface area contributed by atoms with E-state index >= 15 is 0 Å². The van der Waals surface area contributed by atoms with Crippen LogP contribution in [0.25, 0.3) is 0 Å². The van der Waals surface area contributed by atoms with Crippen LogP contribution in [-0.2, 0) is 10.3 Å². The summed E-state index contributed by atoms with van der Waals surface area (Å²) in [5.41, 5.74) is 4.21. The van der Waals surface area contributed by atoms with Gasteiger partial charge in [-0.25, -0.2) is 4.79 Å². The molecule has 4 nitrogen and oxygen atoms in total. The number of benzene rings is 3. The average molecular weight is 343 g/mol. The third kappa shape index (κ3) is 1.81. The fourth-order valence-electron chi connectivity index (χ4n) is 3.94. The highest BCUT2D eigenvalue weighted by Crippen LogP contribution is 2.56. The van der Waals surface area contributed by atoms with E-state index in [2.05, 4.69) is 5.32 Å². The summed E-state index contributed by atoms with van der Waals surface area (Å²) < 4.78 is 12.3. The van der Waals surface area contributed by atoms with Crippen LogP contribution in [0.2, 0.25) is 0 Å². The predicted molar refractivity (Wildman–Crippen MR) is 99.0 cm³/mol. The summed E-state index contributed by atoms with van der Waals surface area (Å²) in [5.74, 6) is 1.09. The minimum atomic E-state index is -0.977. The minimum absolute atomic E-state index is 0.307. The lowest BCUT2D eigenvalue weighted by atomic mass is 9.77. The number of aryl methyl sites for hydroxylation is 1. The Morgan fingerprint density at radius 2 is 1.73 bits per heavy atom. The highest BCUT2D eigenvalue weighted by molar-refractivity contribution is 5.97. The van der Waals surface area contributed by atoms with Crippen molar-refractivity contribution in [3.05, 3.63) is 88.5 Å². The van der Waals surface area contributed by atoms with E-state index in [1.165, 1.54) is 0 Å². The number of anilines is 1. The highest BCUT2D eigenvalue weighted by atomic mass is 16.6. The number of carbonyl (C=O) groups excluding carboxylic acids is 1. The van der Waals surface area contributed by atoms with Crippen molar-refractivity contribution in [2.45, 2.75) is 12.5 Å². The molecule has 1 unspecified atom stereocenters. The fraction of sp³-hybridized carbons (Fsp3) is 0.136. The predicted octanol–water partition coefficient (Wildman–Crippen LogP) is 4.60. The second-order valence-electron chi connectivity index (χ2n) is 6.68. The zero-order valence-corrected chi connectivity index (χ0v) is 14.5. The lowest BCUT2D eigenvalue weighted by molar-refractivity contribution is 0.0224. The van der Waals surface area contributed by atoms with E-state index in [4.69, 9.17) is 9.47 Å². The Morgan fingerprint density at radius 3 is 2.58 bits per heavy atom. The van der Waals surface area contributed by atoms with Gasteiger partial charge in [-0.1, -0.05) is 29.8 Å². The largest absolute Gasteiger partial charge is 0.456 e. The Balaban J connectivity index is 1.89. The minimum Gasteiger partial charge on any atom is -0.456 e. The summed E-state index contributed by atoms with van der Waals surface area (Å²) in [4.78, 5) is 12.7. The maximum Gasteiger partial charge on any atom is 0.340 e. The number of rotatable bonds is 1. The van der Waals surface area contributed by atoms with Crippen molar-refractivity contribution in [3.8, 4) is 11.5 Å². The zero-order valence-electron chi connectivity index (χ0n) is 14.5. The van der Waals surface area contributed by atoms with Crippen molar-refractivity contribution in [2.24, 2.45) is 0 Å². The van der Waals surface area contributed by atoms with Crippen LogP contribution in [0.5, 0.6) is 11.5 Å². The molecule has 1 spiro atoms. The second kappa shape index (κ2) is 5.11. The van der Waals surface area contributed by atoms with E-state index in [1.807, 2.05) is 74.6 Å². The summed E-state index contributed by atoms with van der Waals surface area (Å²) >= 11 is 0. The number of esters is 1. The molecule has 3 aromatic carbocycles. The summed E-state index contributed by atoms with van der Waals surface area (Å²) in [6.45, 7) is 2.02. The molecule has 2 aliphatic heterocycles. The zero-order chi connectivity index (χ0) is 17.9. The van der Waals surface area contributed by atoms with Crippen molar-refractivity contribution in [1.82, 2.24) is 0 Å². The van der Waals surface area contributed by atoms with Gasteiger partial charge in [0.15, 0.2) is 5.60 Å². The van der Waals surface area contributed by atoms with Crippen LogP contribution in [0, 0.1) is 6.92 Å². The van der Waals surface area contributed by atoms with Gasteiger partial charge in [0.1, 0.15) is 11.5 Å². The molecule has 0 aliphatic carbocycles. The van der Waals surface area contributed by atoms with E-state index in [9.17, 15) is 4.79 Å². The molecule has 0 fully saturated rings. The van der Waals surface area contributed by atoms with Crippen molar-refractivity contribution >= 4 is 11.7 Å². The Morgan fingerprint density at radius 1 is 0.885 bits per heavy atom. The molecule has 2 heterocycles. The standard InChI is InChI=1S/C22H17NO3/c1-13-7-10-19-18(11-13)22(16-6-4-3-5-15(16)21(24)26-22)17-9-8-14(23-2)12-20(17)25-19/h3-12,23H,1-2H3. The van der Waals surface area contributed by atoms with Crippen LogP contribution in [0.15, 0.2) is 60.7 Å². The summed E-state index contributed by atoms with van der Waals surface area (Å²) in [6.07, 6.45) is 0. The van der Waals surface area contributed by atoms with E-state index in [0.717, 1.165) is 27.9 Å². The van der Waals surface area contributed by atoms with Gasteiger partial charge in [0, 0.05) is 35.5 Å². The van der Waals surface area contributed by atoms with Crippen LogP contribution in [0.3, 0.4) is 0 Å². The first kappa shape index (κ1) is 15.0. The molecular weight excluding hydrogens is 326 g/mol. The van der Waals surface area contributed by atoms with Gasteiger partial charge in [-0.15, -0.1) is 0 Å². The molecule has 5 rings (SSSR count). The first-order valence-corrected chi connectivity index (χ1v) is 8.57. The van der Waals surface area contributed by atoms with Crippen LogP contribution < -0.4 is 10.1 Å². The number of carbonyl (C=O) groups is 1. The van der Waals surface area contributed by atoms with E-state index < -0.39 is 5.60 Å². The summed E-state index contributed by atoms with van der Waals surface area (Å²) in [7, 11) is 1.86. The maximum atomic E-state index is 12.7. The quantitative estimate of drug-likeness (QED) is 0.656. The molecule has 0 amide bonds. The van der Waals surface area contributed by atoms with E-state index in [-0.39, 0.29) is 5.97 Å². The van der Waals surface area contributed by atoms with Gasteiger partial charge in [0.05, 0.1) is 5.56 Å². The lowest BCUT2D eigenvalue weighted by Crippen LogP contribution is -2.33.